The highest BCUT2D eigenvalue weighted by Gasteiger charge is 2.19. The molecule has 0 radical (unpaired) electrons. The van der Waals surface area contributed by atoms with Crippen LogP contribution in [0.15, 0.2) is 34.9 Å². The highest BCUT2D eigenvalue weighted by atomic mass is 79.9. The molecule has 0 saturated carbocycles. The smallest absolute Gasteiger partial charge is 0.122 e. The van der Waals surface area contributed by atoms with Gasteiger partial charge in [0.1, 0.15) is 6.10 Å². The van der Waals surface area contributed by atoms with Gasteiger partial charge >= 0.3 is 0 Å². The van der Waals surface area contributed by atoms with Gasteiger partial charge < -0.3 is 9.84 Å². The van der Waals surface area contributed by atoms with Crippen LogP contribution in [0.3, 0.4) is 0 Å². The Labute approximate surface area is 127 Å². The van der Waals surface area contributed by atoms with E-state index in [9.17, 15) is 5.11 Å². The number of aromatic nitrogens is 2. The Morgan fingerprint density at radius 1 is 1.35 bits per heavy atom. The van der Waals surface area contributed by atoms with Gasteiger partial charge in [-0.3, -0.25) is 4.68 Å². The largest absolute Gasteiger partial charge is 0.383 e. The number of aryl methyl sites for hydroxylation is 1. The molecule has 5 heteroatoms. The van der Waals surface area contributed by atoms with Crippen molar-refractivity contribution >= 4 is 15.9 Å². The molecule has 0 saturated heterocycles. The molecule has 1 aromatic carbocycles. The van der Waals surface area contributed by atoms with E-state index in [-0.39, 0.29) is 0 Å². The molecule has 1 aromatic heterocycles. The van der Waals surface area contributed by atoms with Crippen molar-refractivity contribution in [1.82, 2.24) is 9.78 Å². The van der Waals surface area contributed by atoms with Crippen LogP contribution >= 0.6 is 15.9 Å². The third kappa shape index (κ3) is 3.29. The number of halogens is 1. The first kappa shape index (κ1) is 15.2. The van der Waals surface area contributed by atoms with E-state index in [1.165, 1.54) is 5.56 Å². The van der Waals surface area contributed by atoms with Crippen molar-refractivity contribution in [3.63, 3.8) is 0 Å². The summed E-state index contributed by atoms with van der Waals surface area (Å²) >= 11 is 3.45. The molecule has 0 aliphatic heterocycles. The third-order valence-corrected chi connectivity index (χ3v) is 3.91. The fourth-order valence-corrected chi connectivity index (χ4v) is 2.61. The standard InChI is InChI=1S/C15H19BrN2O2/c1-3-11-4-6-12(7-5-11)15(19)14-13(16)10-17-18(14)8-9-20-2/h4-7,10,15,19H,3,8-9H2,1-2H3. The summed E-state index contributed by atoms with van der Waals surface area (Å²) in [5.74, 6) is 0. The van der Waals surface area contributed by atoms with Gasteiger partial charge in [0, 0.05) is 7.11 Å². The molecule has 2 aromatic rings. The van der Waals surface area contributed by atoms with Crippen molar-refractivity contribution in [2.45, 2.75) is 26.0 Å². The summed E-state index contributed by atoms with van der Waals surface area (Å²) in [5.41, 5.74) is 2.88. The first-order valence-electron chi connectivity index (χ1n) is 6.64. The molecule has 0 bridgehead atoms. The number of aliphatic hydroxyl groups excluding tert-OH is 1. The predicted octanol–water partition coefficient (Wildman–Crippen LogP) is 2.94. The maximum Gasteiger partial charge on any atom is 0.122 e. The Balaban J connectivity index is 2.26. The normalized spacial score (nSPS) is 12.6. The first-order valence-corrected chi connectivity index (χ1v) is 7.43. The Bertz CT molecular complexity index is 552. The Morgan fingerprint density at radius 2 is 2.05 bits per heavy atom. The van der Waals surface area contributed by atoms with Crippen LogP contribution < -0.4 is 0 Å². The van der Waals surface area contributed by atoms with Gasteiger partial charge in [-0.15, -0.1) is 0 Å². The van der Waals surface area contributed by atoms with Crippen molar-refractivity contribution in [2.75, 3.05) is 13.7 Å². The summed E-state index contributed by atoms with van der Waals surface area (Å²) in [5, 5.41) is 14.8. The zero-order valence-corrected chi connectivity index (χ0v) is 13.3. The van der Waals surface area contributed by atoms with Crippen molar-refractivity contribution in [3.05, 3.63) is 51.8 Å². The number of rotatable bonds is 6. The van der Waals surface area contributed by atoms with Gasteiger partial charge in [-0.1, -0.05) is 31.2 Å². The maximum absolute atomic E-state index is 10.6. The first-order chi connectivity index (χ1) is 9.67. The minimum atomic E-state index is -0.699. The van der Waals surface area contributed by atoms with E-state index in [0.29, 0.717) is 13.2 Å². The predicted molar refractivity (Wildman–Crippen MR) is 81.7 cm³/mol. The van der Waals surface area contributed by atoms with Gasteiger partial charge in [0.05, 0.1) is 29.5 Å². The number of methoxy groups -OCH3 is 1. The van der Waals surface area contributed by atoms with Crippen molar-refractivity contribution in [3.8, 4) is 0 Å². The highest BCUT2D eigenvalue weighted by molar-refractivity contribution is 9.10. The second kappa shape index (κ2) is 7.02. The fourth-order valence-electron chi connectivity index (χ4n) is 2.09. The fraction of sp³-hybridized carbons (Fsp3) is 0.400. The molecular formula is C15H19BrN2O2. The molecule has 1 atom stereocenters. The Morgan fingerprint density at radius 3 is 2.65 bits per heavy atom. The van der Waals surface area contributed by atoms with Gasteiger partial charge in [-0.2, -0.15) is 5.10 Å². The minimum absolute atomic E-state index is 0.558. The summed E-state index contributed by atoms with van der Waals surface area (Å²) in [6.45, 7) is 3.28. The second-order valence-corrected chi connectivity index (χ2v) is 5.45. The summed E-state index contributed by atoms with van der Waals surface area (Å²) in [7, 11) is 1.65. The van der Waals surface area contributed by atoms with E-state index >= 15 is 0 Å². The molecule has 4 nitrogen and oxygen atoms in total. The van der Waals surface area contributed by atoms with Gasteiger partial charge in [0.25, 0.3) is 0 Å². The highest BCUT2D eigenvalue weighted by Crippen LogP contribution is 2.28. The van der Waals surface area contributed by atoms with E-state index in [2.05, 4.69) is 28.0 Å². The van der Waals surface area contributed by atoms with Gasteiger partial charge in [-0.25, -0.2) is 0 Å². The number of ether oxygens (including phenoxy) is 1. The van der Waals surface area contributed by atoms with Crippen LogP contribution in [-0.4, -0.2) is 28.6 Å². The average Bonchev–Trinajstić information content (AvgIpc) is 2.85. The molecule has 1 N–H and O–H groups in total. The minimum Gasteiger partial charge on any atom is -0.383 e. The third-order valence-electron chi connectivity index (χ3n) is 3.30. The average molecular weight is 339 g/mol. The molecule has 0 aliphatic rings. The van der Waals surface area contributed by atoms with E-state index < -0.39 is 6.10 Å². The number of nitrogens with zero attached hydrogens (tertiary/aromatic N) is 2. The lowest BCUT2D eigenvalue weighted by molar-refractivity contribution is 0.171. The zero-order valence-electron chi connectivity index (χ0n) is 11.7. The van der Waals surface area contributed by atoms with Crippen molar-refractivity contribution in [1.29, 1.82) is 0 Å². The molecule has 108 valence electrons. The molecule has 20 heavy (non-hydrogen) atoms. The van der Waals surface area contributed by atoms with E-state index in [0.717, 1.165) is 22.2 Å². The van der Waals surface area contributed by atoms with Crippen LogP contribution in [0.5, 0.6) is 0 Å². The number of benzene rings is 1. The Hall–Kier alpha value is -1.17. The summed E-state index contributed by atoms with van der Waals surface area (Å²) in [6, 6.07) is 8.01. The van der Waals surface area contributed by atoms with Crippen LogP contribution in [0.2, 0.25) is 0 Å². The Kier molecular flexibility index (Phi) is 5.34. The molecule has 1 unspecified atom stereocenters. The van der Waals surface area contributed by atoms with Gasteiger partial charge in [-0.05, 0) is 33.5 Å². The maximum atomic E-state index is 10.6. The zero-order chi connectivity index (χ0) is 14.5. The molecule has 2 rings (SSSR count). The second-order valence-electron chi connectivity index (χ2n) is 4.59. The van der Waals surface area contributed by atoms with Gasteiger partial charge in [0.2, 0.25) is 0 Å². The molecule has 0 aliphatic carbocycles. The molecule has 0 spiro atoms. The molecular weight excluding hydrogens is 320 g/mol. The SMILES string of the molecule is CCc1ccc(C(O)c2c(Br)cnn2CCOC)cc1. The van der Waals surface area contributed by atoms with E-state index in [1.54, 1.807) is 18.0 Å². The van der Waals surface area contributed by atoms with Crippen LogP contribution in [0.4, 0.5) is 0 Å². The van der Waals surface area contributed by atoms with Crippen molar-refractivity contribution < 1.29 is 9.84 Å². The molecule has 1 heterocycles. The lowest BCUT2D eigenvalue weighted by Crippen LogP contribution is -2.13. The van der Waals surface area contributed by atoms with E-state index in [1.807, 2.05) is 24.3 Å². The topological polar surface area (TPSA) is 47.3 Å². The van der Waals surface area contributed by atoms with Crippen LogP contribution in [-0.2, 0) is 17.7 Å². The molecule has 0 amide bonds. The lowest BCUT2D eigenvalue weighted by atomic mass is 10.0. The monoisotopic (exact) mass is 338 g/mol. The van der Waals surface area contributed by atoms with Crippen LogP contribution in [0, 0.1) is 0 Å². The van der Waals surface area contributed by atoms with Crippen LogP contribution in [0.1, 0.15) is 29.8 Å². The van der Waals surface area contributed by atoms with E-state index in [4.69, 9.17) is 4.74 Å². The summed E-state index contributed by atoms with van der Waals surface area (Å²) in [6.07, 6.45) is 2.00. The van der Waals surface area contributed by atoms with Crippen molar-refractivity contribution in [2.24, 2.45) is 0 Å². The summed E-state index contributed by atoms with van der Waals surface area (Å²) < 4.78 is 7.64. The quantitative estimate of drug-likeness (QED) is 0.880. The molecule has 0 fully saturated rings. The number of aliphatic hydroxyl groups is 1. The lowest BCUT2D eigenvalue weighted by Gasteiger charge is -2.15. The summed E-state index contributed by atoms with van der Waals surface area (Å²) in [4.78, 5) is 0. The number of hydrogen-bond acceptors (Lipinski definition) is 3. The van der Waals surface area contributed by atoms with Gasteiger partial charge in [0.15, 0.2) is 0 Å². The van der Waals surface area contributed by atoms with Crippen LogP contribution in [0.25, 0.3) is 0 Å². The number of hydrogen-bond donors (Lipinski definition) is 1.